The zero-order valence-electron chi connectivity index (χ0n) is 7.50. The molecule has 0 aromatic rings. The summed E-state index contributed by atoms with van der Waals surface area (Å²) >= 11 is 0. The maximum atomic E-state index is 9.40. The minimum atomic E-state index is -1.24. The van der Waals surface area contributed by atoms with Gasteiger partial charge in [0.15, 0.2) is 0 Å². The second kappa shape index (κ2) is 4.34. The zero-order chi connectivity index (χ0) is 10.0. The quantitative estimate of drug-likeness (QED) is 0.416. The van der Waals surface area contributed by atoms with Gasteiger partial charge in [0.25, 0.3) is 0 Å². The second-order valence-corrected chi connectivity index (χ2v) is 3.28. The topological polar surface area (TPSA) is 90.2 Å². The van der Waals surface area contributed by atoms with Crippen molar-refractivity contribution in [2.45, 2.75) is 43.9 Å². The number of aliphatic hydroxyl groups is 4. The average Bonchev–Trinajstić information content (AvgIpc) is 2.15. The molecule has 1 saturated heterocycles. The van der Waals surface area contributed by atoms with Gasteiger partial charge in [-0.05, 0) is 6.42 Å². The lowest BCUT2D eigenvalue weighted by Crippen LogP contribution is -2.58. The van der Waals surface area contributed by atoms with Gasteiger partial charge in [-0.2, -0.15) is 0 Å². The molecule has 1 aliphatic rings. The fourth-order valence-electron chi connectivity index (χ4n) is 1.52. The molecule has 5 heteroatoms. The first-order chi connectivity index (χ1) is 6.11. The molecular weight excluding hydrogens is 176 g/mol. The number of hydrogen-bond acceptors (Lipinski definition) is 5. The van der Waals surface area contributed by atoms with Crippen molar-refractivity contribution in [1.29, 1.82) is 0 Å². The van der Waals surface area contributed by atoms with Gasteiger partial charge in [-0.15, -0.1) is 0 Å². The summed E-state index contributed by atoms with van der Waals surface area (Å²) in [6.45, 7) is 1.44. The summed E-state index contributed by atoms with van der Waals surface area (Å²) < 4.78 is 5.17. The summed E-state index contributed by atoms with van der Waals surface area (Å²) in [6, 6.07) is 0. The van der Waals surface area contributed by atoms with E-state index in [0.29, 0.717) is 6.42 Å². The van der Waals surface area contributed by atoms with Crippen LogP contribution in [0, 0.1) is 0 Å². The van der Waals surface area contributed by atoms with Crippen LogP contribution in [0.5, 0.6) is 0 Å². The summed E-state index contributed by atoms with van der Waals surface area (Å²) in [5.74, 6) is 0. The number of rotatable bonds is 2. The van der Waals surface area contributed by atoms with E-state index < -0.39 is 30.5 Å². The van der Waals surface area contributed by atoms with E-state index in [9.17, 15) is 15.3 Å². The first kappa shape index (κ1) is 10.9. The molecule has 4 N–H and O–H groups in total. The molecule has 0 amide bonds. The average molecular weight is 192 g/mol. The van der Waals surface area contributed by atoms with Crippen molar-refractivity contribution >= 4 is 0 Å². The highest BCUT2D eigenvalue weighted by Gasteiger charge is 2.42. The molecular formula is C8H16O5. The van der Waals surface area contributed by atoms with Crippen molar-refractivity contribution in [3.8, 4) is 0 Å². The third-order valence-corrected chi connectivity index (χ3v) is 2.39. The normalized spacial score (nSPS) is 46.4. The van der Waals surface area contributed by atoms with Crippen LogP contribution < -0.4 is 0 Å². The summed E-state index contributed by atoms with van der Waals surface area (Å²) in [5.41, 5.74) is 0. The van der Waals surface area contributed by atoms with Crippen LogP contribution in [0.4, 0.5) is 0 Å². The number of aliphatic hydroxyl groups excluding tert-OH is 4. The zero-order valence-corrected chi connectivity index (χ0v) is 7.50. The smallest absolute Gasteiger partial charge is 0.111 e. The van der Waals surface area contributed by atoms with Crippen LogP contribution in [-0.2, 0) is 4.74 Å². The van der Waals surface area contributed by atoms with E-state index in [1.54, 1.807) is 6.92 Å². The molecule has 5 atom stereocenters. The van der Waals surface area contributed by atoms with E-state index in [4.69, 9.17) is 9.84 Å². The predicted molar refractivity (Wildman–Crippen MR) is 44.1 cm³/mol. The van der Waals surface area contributed by atoms with Gasteiger partial charge in [-0.1, -0.05) is 6.92 Å². The summed E-state index contributed by atoms with van der Waals surface area (Å²) in [6.07, 6.45) is -4.33. The van der Waals surface area contributed by atoms with E-state index in [2.05, 4.69) is 0 Å². The molecule has 78 valence electrons. The Balaban J connectivity index is 2.66. The van der Waals surface area contributed by atoms with Gasteiger partial charge in [-0.3, -0.25) is 0 Å². The van der Waals surface area contributed by atoms with Crippen LogP contribution in [0.1, 0.15) is 13.3 Å². The van der Waals surface area contributed by atoms with Crippen LogP contribution in [0.2, 0.25) is 0 Å². The molecule has 0 aromatic heterocycles. The third-order valence-electron chi connectivity index (χ3n) is 2.39. The SMILES string of the molecule is CCC1O[C@H](CO)[C@@H](O)[C@H](O)[C@H]1O. The van der Waals surface area contributed by atoms with E-state index in [-0.39, 0.29) is 6.61 Å². The summed E-state index contributed by atoms with van der Waals surface area (Å²) in [4.78, 5) is 0. The Morgan fingerprint density at radius 1 is 1.00 bits per heavy atom. The van der Waals surface area contributed by atoms with Gasteiger partial charge in [0.2, 0.25) is 0 Å². The molecule has 13 heavy (non-hydrogen) atoms. The van der Waals surface area contributed by atoms with Gasteiger partial charge in [0.1, 0.15) is 24.4 Å². The van der Waals surface area contributed by atoms with Crippen molar-refractivity contribution in [1.82, 2.24) is 0 Å². The maximum Gasteiger partial charge on any atom is 0.111 e. The van der Waals surface area contributed by atoms with Crippen molar-refractivity contribution in [2.24, 2.45) is 0 Å². The molecule has 0 aliphatic carbocycles. The minimum Gasteiger partial charge on any atom is -0.394 e. The highest BCUT2D eigenvalue weighted by atomic mass is 16.5. The molecule has 0 aromatic carbocycles. The van der Waals surface area contributed by atoms with Crippen LogP contribution in [0.3, 0.4) is 0 Å². The standard InChI is InChI=1S/C8H16O5/c1-2-4-6(10)8(12)7(11)5(3-9)13-4/h4-12H,2-3H2,1H3/t4?,5-,6+,7-,8-/m1/s1. The lowest BCUT2D eigenvalue weighted by Gasteiger charge is -2.39. The molecule has 0 saturated carbocycles. The Kier molecular flexibility index (Phi) is 3.63. The van der Waals surface area contributed by atoms with Crippen molar-refractivity contribution in [3.63, 3.8) is 0 Å². The minimum absolute atomic E-state index is 0.360. The largest absolute Gasteiger partial charge is 0.394 e. The number of hydrogen-bond donors (Lipinski definition) is 4. The molecule has 0 radical (unpaired) electrons. The van der Waals surface area contributed by atoms with Crippen molar-refractivity contribution in [3.05, 3.63) is 0 Å². The van der Waals surface area contributed by atoms with E-state index in [1.807, 2.05) is 0 Å². The monoisotopic (exact) mass is 192 g/mol. The molecule has 1 aliphatic heterocycles. The molecule has 5 nitrogen and oxygen atoms in total. The second-order valence-electron chi connectivity index (χ2n) is 3.28. The van der Waals surface area contributed by atoms with Gasteiger partial charge < -0.3 is 25.2 Å². The molecule has 1 unspecified atom stereocenters. The number of ether oxygens (including phenoxy) is 1. The first-order valence-corrected chi connectivity index (χ1v) is 4.42. The van der Waals surface area contributed by atoms with Crippen molar-refractivity contribution in [2.75, 3.05) is 6.61 Å². The molecule has 1 fully saturated rings. The summed E-state index contributed by atoms with van der Waals surface area (Å²) in [5, 5.41) is 36.9. The van der Waals surface area contributed by atoms with E-state index in [1.165, 1.54) is 0 Å². The third kappa shape index (κ3) is 2.00. The molecule has 0 spiro atoms. The van der Waals surface area contributed by atoms with E-state index in [0.717, 1.165) is 0 Å². The fraction of sp³-hybridized carbons (Fsp3) is 1.00. The molecule has 0 bridgehead atoms. The van der Waals surface area contributed by atoms with Crippen LogP contribution >= 0.6 is 0 Å². The molecule has 1 rings (SSSR count). The maximum absolute atomic E-state index is 9.40. The van der Waals surface area contributed by atoms with Gasteiger partial charge in [0.05, 0.1) is 12.7 Å². The Labute approximate surface area is 76.6 Å². The fourth-order valence-corrected chi connectivity index (χ4v) is 1.52. The Hall–Kier alpha value is -0.200. The Morgan fingerprint density at radius 2 is 1.54 bits per heavy atom. The highest BCUT2D eigenvalue weighted by Crippen LogP contribution is 2.22. The van der Waals surface area contributed by atoms with Crippen LogP contribution in [0.25, 0.3) is 0 Å². The molecule has 1 heterocycles. The van der Waals surface area contributed by atoms with Crippen molar-refractivity contribution < 1.29 is 25.2 Å². The van der Waals surface area contributed by atoms with Gasteiger partial charge in [-0.25, -0.2) is 0 Å². The first-order valence-electron chi connectivity index (χ1n) is 4.42. The van der Waals surface area contributed by atoms with E-state index >= 15 is 0 Å². The Morgan fingerprint density at radius 3 is 2.00 bits per heavy atom. The lowest BCUT2D eigenvalue weighted by atomic mass is 9.94. The predicted octanol–water partition coefficient (Wildman–Crippen LogP) is -1.76. The van der Waals surface area contributed by atoms with Crippen LogP contribution in [0.15, 0.2) is 0 Å². The highest BCUT2D eigenvalue weighted by molar-refractivity contribution is 4.91. The lowest BCUT2D eigenvalue weighted by molar-refractivity contribution is -0.229. The summed E-state index contributed by atoms with van der Waals surface area (Å²) in [7, 11) is 0. The Bertz CT molecular complexity index is 143. The van der Waals surface area contributed by atoms with Crippen LogP contribution in [-0.4, -0.2) is 57.6 Å². The van der Waals surface area contributed by atoms with Gasteiger partial charge in [0, 0.05) is 0 Å². The van der Waals surface area contributed by atoms with Gasteiger partial charge >= 0.3 is 0 Å².